The fourth-order valence-electron chi connectivity index (χ4n) is 7.83. The van der Waals surface area contributed by atoms with Crippen molar-refractivity contribution >= 4 is 32.8 Å². The van der Waals surface area contributed by atoms with Crippen LogP contribution >= 0.6 is 27.7 Å². The molecule has 0 saturated carbocycles. The normalized spacial score (nSPS) is 39.1. The van der Waals surface area contributed by atoms with Gasteiger partial charge < -0.3 is 77.8 Å². The van der Waals surface area contributed by atoms with Crippen LogP contribution in [0.4, 0.5) is 0 Å². The first-order valence-corrected chi connectivity index (χ1v) is 21.3. The molecule has 6 N–H and O–H groups in total. The number of aliphatic hydroxyl groups is 4. The fourth-order valence-corrected chi connectivity index (χ4v) is 9.44. The van der Waals surface area contributed by atoms with Crippen LogP contribution in [0, 0.1) is 6.92 Å². The quantitative estimate of drug-likeness (QED) is 0.128. The number of ether oxygens (including phenoxy) is 11. The zero-order valence-electron chi connectivity index (χ0n) is 35.0. The molecule has 4 heterocycles. The molecule has 338 valence electrons. The highest BCUT2D eigenvalue weighted by Gasteiger charge is 2.49. The molecule has 1 aromatic rings. The molecule has 0 unspecified atom stereocenters. The third kappa shape index (κ3) is 10.7. The van der Waals surface area contributed by atoms with Crippen molar-refractivity contribution in [3.05, 3.63) is 15.6 Å². The number of rotatable bonds is 16. The van der Waals surface area contributed by atoms with Crippen molar-refractivity contribution < 1.29 is 82.2 Å². The number of halogens is 1. The predicted molar refractivity (Wildman–Crippen MR) is 213 cm³/mol. The first-order chi connectivity index (χ1) is 28.1. The van der Waals surface area contributed by atoms with Gasteiger partial charge in [-0.15, -0.1) is 0 Å². The maximum Gasteiger partial charge on any atom is 0.229 e. The molecule has 4 saturated heterocycles. The molecule has 0 spiro atoms. The van der Waals surface area contributed by atoms with Gasteiger partial charge in [-0.2, -0.15) is 5.48 Å². The van der Waals surface area contributed by atoms with Gasteiger partial charge in [0.1, 0.15) is 30.5 Å². The summed E-state index contributed by atoms with van der Waals surface area (Å²) >= 11 is 4.40. The van der Waals surface area contributed by atoms with Crippen LogP contribution in [-0.4, -0.2) is 178 Å². The Morgan fingerprint density at radius 1 is 0.814 bits per heavy atom. The van der Waals surface area contributed by atoms with E-state index in [9.17, 15) is 25.2 Å². The second-order valence-corrected chi connectivity index (χ2v) is 16.8. The van der Waals surface area contributed by atoms with Crippen molar-refractivity contribution in [2.75, 3.05) is 48.7 Å². The van der Waals surface area contributed by atoms with E-state index in [1.165, 1.54) is 28.4 Å². The van der Waals surface area contributed by atoms with Gasteiger partial charge in [0.25, 0.3) is 0 Å². The summed E-state index contributed by atoms with van der Waals surface area (Å²) in [5.74, 6) is 0.186. The van der Waals surface area contributed by atoms with Crippen LogP contribution in [0.5, 0.6) is 17.2 Å². The number of carbonyl (C=O) groups excluding carboxylic acids is 1. The molecule has 5 rings (SSSR count). The highest BCUT2D eigenvalue weighted by Crippen LogP contribution is 2.50. The lowest BCUT2D eigenvalue weighted by molar-refractivity contribution is -0.330. The lowest BCUT2D eigenvalue weighted by Gasteiger charge is -2.45. The summed E-state index contributed by atoms with van der Waals surface area (Å²) in [6, 6.07) is -0.801. The lowest BCUT2D eigenvalue weighted by atomic mass is 9.97. The van der Waals surface area contributed by atoms with E-state index < -0.39 is 96.5 Å². The minimum absolute atomic E-state index is 0.00207. The molecule has 0 aromatic heterocycles. The number of hydroxylamine groups is 1. The SMILES string of the molecule is CCN[C@H]1CO[C@@H](O[C@H]2[C@H](OC)O[C@H](C)[C@@H](NO[C@H]3C[C@H](O)[C@H](SC(=O)c4c(C)c(Br)c(O[C@@H]5O[C@@H](C)[C@H](O)[C@@H](OC)[C@H]5O)c(OC)c4OC)[C@@H](C)O3)[C@@H]2O)C[C@@H]1OC. The molecule has 19 nitrogen and oxygen atoms in total. The third-order valence-corrected chi connectivity index (χ3v) is 13.5. The third-order valence-electron chi connectivity index (χ3n) is 11.1. The smallest absolute Gasteiger partial charge is 0.229 e. The second kappa shape index (κ2) is 21.7. The van der Waals surface area contributed by atoms with E-state index in [0.717, 1.165) is 18.3 Å². The second-order valence-electron chi connectivity index (χ2n) is 14.9. The predicted octanol–water partition coefficient (Wildman–Crippen LogP) is 1.14. The average molecular weight is 930 g/mol. The summed E-state index contributed by atoms with van der Waals surface area (Å²) in [6.07, 6.45) is -12.2. The van der Waals surface area contributed by atoms with Gasteiger partial charge in [-0.3, -0.25) is 9.63 Å². The fraction of sp³-hybridized carbons (Fsp3) is 0.816. The maximum absolute atomic E-state index is 14.1. The summed E-state index contributed by atoms with van der Waals surface area (Å²) < 4.78 is 64.4. The summed E-state index contributed by atoms with van der Waals surface area (Å²) in [4.78, 5) is 20.0. The van der Waals surface area contributed by atoms with Crippen molar-refractivity contribution in [2.45, 2.75) is 151 Å². The topological polar surface area (TPSA) is 233 Å². The number of benzene rings is 1. The van der Waals surface area contributed by atoms with Crippen molar-refractivity contribution in [1.82, 2.24) is 10.8 Å². The Bertz CT molecular complexity index is 1520. The van der Waals surface area contributed by atoms with E-state index in [-0.39, 0.29) is 41.4 Å². The number of carbonyl (C=O) groups is 1. The van der Waals surface area contributed by atoms with Crippen molar-refractivity contribution in [2.24, 2.45) is 0 Å². The Morgan fingerprint density at radius 3 is 2.12 bits per heavy atom. The summed E-state index contributed by atoms with van der Waals surface area (Å²) in [6.45, 7) is 9.88. The van der Waals surface area contributed by atoms with Gasteiger partial charge in [-0.05, 0) is 55.7 Å². The minimum Gasteiger partial charge on any atom is -0.492 e. The molecule has 0 bridgehead atoms. The molecule has 59 heavy (non-hydrogen) atoms. The van der Waals surface area contributed by atoms with Crippen LogP contribution < -0.4 is 25.0 Å². The molecule has 4 aliphatic heterocycles. The van der Waals surface area contributed by atoms with Crippen LogP contribution in [0.3, 0.4) is 0 Å². The monoisotopic (exact) mass is 928 g/mol. The first kappa shape index (κ1) is 48.6. The molecule has 4 fully saturated rings. The first-order valence-electron chi connectivity index (χ1n) is 19.6. The van der Waals surface area contributed by atoms with E-state index >= 15 is 0 Å². The van der Waals surface area contributed by atoms with E-state index in [1.807, 2.05) is 6.92 Å². The van der Waals surface area contributed by atoms with Gasteiger partial charge in [0.2, 0.25) is 17.2 Å². The molecule has 21 heteroatoms. The van der Waals surface area contributed by atoms with Crippen LogP contribution in [0.2, 0.25) is 0 Å². The molecular weight excluding hydrogens is 868 g/mol. The Labute approximate surface area is 357 Å². The molecule has 0 amide bonds. The number of hydrogen-bond donors (Lipinski definition) is 6. The van der Waals surface area contributed by atoms with E-state index in [0.29, 0.717) is 23.1 Å². The number of thioether (sulfide) groups is 1. The van der Waals surface area contributed by atoms with Crippen LogP contribution in [0.15, 0.2) is 4.47 Å². The number of likely N-dealkylation sites (N-methyl/N-ethyl adjacent to an activating group) is 1. The maximum atomic E-state index is 14.1. The Morgan fingerprint density at radius 2 is 1.51 bits per heavy atom. The lowest BCUT2D eigenvalue weighted by Crippen LogP contribution is -2.64. The standard InChI is InChI=1S/C38H61BrN2O17S/c1-11-40-19-14-52-22(13-21(19)47-6)56-33-28(44)26(16(3)54-38(33)51-10)41-58-23-12-20(42)35(18(5)53-23)59-36(46)24-15(2)25(39)31(34(50-9)30(24)48-7)57-37-29(45)32(49-8)27(43)17(4)55-37/h16-23,26-29,32-33,35,37-38,40-45H,11-14H2,1-10H3/t16-,17+,18-,19+,20+,21+,22+,23+,26-,27+,28+,29-,32-,33-,35-,37+,38-/m1/s1. The zero-order chi connectivity index (χ0) is 43.3. The zero-order valence-corrected chi connectivity index (χ0v) is 37.4. The average Bonchev–Trinajstić information content (AvgIpc) is 3.21. The van der Waals surface area contributed by atoms with Gasteiger partial charge in [0.15, 0.2) is 30.4 Å². The number of methoxy groups -OCH3 is 5. The van der Waals surface area contributed by atoms with Crippen molar-refractivity contribution in [3.8, 4) is 17.2 Å². The Kier molecular flexibility index (Phi) is 17.9. The van der Waals surface area contributed by atoms with E-state index in [2.05, 4.69) is 26.7 Å². The Balaban J connectivity index is 1.23. The number of aliphatic hydroxyl groups excluding tert-OH is 4. The Hall–Kier alpha value is -1.48. The summed E-state index contributed by atoms with van der Waals surface area (Å²) in [7, 11) is 7.20. The summed E-state index contributed by atoms with van der Waals surface area (Å²) in [5.41, 5.74) is 3.44. The molecule has 17 atom stereocenters. The van der Waals surface area contributed by atoms with Crippen molar-refractivity contribution in [1.29, 1.82) is 0 Å². The van der Waals surface area contributed by atoms with Gasteiger partial charge >= 0.3 is 0 Å². The van der Waals surface area contributed by atoms with Gasteiger partial charge in [0.05, 0.1) is 78.7 Å². The minimum atomic E-state index is -1.37. The van der Waals surface area contributed by atoms with Crippen LogP contribution in [0.1, 0.15) is 56.5 Å². The molecule has 1 aromatic carbocycles. The molecule has 0 aliphatic carbocycles. The molecular formula is C38H61BrN2O17S. The number of hydrogen-bond acceptors (Lipinski definition) is 20. The highest BCUT2D eigenvalue weighted by molar-refractivity contribution is 9.10. The van der Waals surface area contributed by atoms with Gasteiger partial charge in [0, 0.05) is 34.2 Å². The van der Waals surface area contributed by atoms with Crippen molar-refractivity contribution in [3.63, 3.8) is 0 Å². The summed E-state index contributed by atoms with van der Waals surface area (Å²) in [5, 5.41) is 46.4. The van der Waals surface area contributed by atoms with Gasteiger partial charge in [-0.1, -0.05) is 18.7 Å². The van der Waals surface area contributed by atoms with E-state index in [1.54, 1.807) is 34.8 Å². The highest BCUT2D eigenvalue weighted by atomic mass is 79.9. The van der Waals surface area contributed by atoms with Crippen LogP contribution in [-0.2, 0) is 42.7 Å². The van der Waals surface area contributed by atoms with E-state index in [4.69, 9.17) is 56.9 Å². The van der Waals surface area contributed by atoms with Gasteiger partial charge in [-0.25, -0.2) is 0 Å². The molecule has 4 aliphatic rings. The molecule has 0 radical (unpaired) electrons. The largest absolute Gasteiger partial charge is 0.492 e. The van der Waals surface area contributed by atoms with Crippen LogP contribution in [0.25, 0.3) is 0 Å². The number of nitrogens with one attached hydrogen (secondary N) is 2.